The van der Waals surface area contributed by atoms with Crippen molar-refractivity contribution in [1.82, 2.24) is 5.16 Å². The molecule has 0 saturated carbocycles. The number of nitrogens with two attached hydrogens (primary N) is 1. The van der Waals surface area contributed by atoms with Gasteiger partial charge in [0.05, 0.1) is 19.3 Å². The number of methoxy groups -OCH3 is 1. The van der Waals surface area contributed by atoms with E-state index in [1.54, 1.807) is 7.11 Å². The fraction of sp³-hybridized carbons (Fsp3) is 0.286. The molecule has 0 aliphatic rings. The lowest BCUT2D eigenvalue weighted by Gasteiger charge is -2.07. The molecule has 6 heteroatoms. The van der Waals surface area contributed by atoms with Gasteiger partial charge in [0.25, 0.3) is 0 Å². The van der Waals surface area contributed by atoms with Crippen LogP contribution in [0.25, 0.3) is 0 Å². The van der Waals surface area contributed by atoms with Crippen molar-refractivity contribution in [3.05, 3.63) is 41.3 Å². The summed E-state index contributed by atoms with van der Waals surface area (Å²) in [5.74, 6) is 1.85. The van der Waals surface area contributed by atoms with Crippen molar-refractivity contribution in [1.29, 1.82) is 0 Å². The molecule has 2 rings (SSSR count). The number of aryl methyl sites for hydroxylation is 2. The molecule has 6 nitrogen and oxygen atoms in total. The van der Waals surface area contributed by atoms with Crippen LogP contribution in [0.5, 0.6) is 5.75 Å². The standard InChI is InChI=1S/C14H18N4O2/c1-9-13(10(2)20-18-9)8-16-14(15)17-11-5-4-6-12(7-11)19-3/h4-7H,8H2,1-3H3,(H3,15,16,17). The molecular weight excluding hydrogens is 256 g/mol. The molecule has 20 heavy (non-hydrogen) atoms. The SMILES string of the molecule is COc1cccc(NC(N)=NCc2c(C)noc2C)c1. The van der Waals surface area contributed by atoms with Gasteiger partial charge < -0.3 is 20.3 Å². The first-order valence-corrected chi connectivity index (χ1v) is 6.23. The smallest absolute Gasteiger partial charge is 0.193 e. The Hall–Kier alpha value is -2.50. The fourth-order valence-electron chi connectivity index (χ4n) is 1.78. The number of hydrogen-bond acceptors (Lipinski definition) is 4. The number of guanidine groups is 1. The second-order valence-corrected chi connectivity index (χ2v) is 4.36. The van der Waals surface area contributed by atoms with Gasteiger partial charge in [0, 0.05) is 17.3 Å². The maximum absolute atomic E-state index is 5.86. The van der Waals surface area contributed by atoms with Crippen molar-refractivity contribution < 1.29 is 9.26 Å². The van der Waals surface area contributed by atoms with E-state index in [9.17, 15) is 0 Å². The Morgan fingerprint density at radius 3 is 2.90 bits per heavy atom. The van der Waals surface area contributed by atoms with Crippen molar-refractivity contribution in [2.45, 2.75) is 20.4 Å². The van der Waals surface area contributed by atoms with E-state index in [0.29, 0.717) is 12.5 Å². The summed E-state index contributed by atoms with van der Waals surface area (Å²) >= 11 is 0. The Morgan fingerprint density at radius 1 is 1.45 bits per heavy atom. The molecule has 0 spiro atoms. The molecule has 1 aromatic carbocycles. The van der Waals surface area contributed by atoms with Crippen LogP contribution in [-0.4, -0.2) is 18.2 Å². The zero-order chi connectivity index (χ0) is 14.5. The van der Waals surface area contributed by atoms with E-state index in [2.05, 4.69) is 15.5 Å². The maximum atomic E-state index is 5.86. The molecule has 0 atom stereocenters. The van der Waals surface area contributed by atoms with Gasteiger partial charge in [-0.15, -0.1) is 0 Å². The predicted octanol–water partition coefficient (Wildman–Crippen LogP) is 2.23. The van der Waals surface area contributed by atoms with Crippen LogP contribution < -0.4 is 15.8 Å². The maximum Gasteiger partial charge on any atom is 0.193 e. The molecule has 1 aromatic heterocycles. The normalized spacial score (nSPS) is 11.4. The van der Waals surface area contributed by atoms with Gasteiger partial charge in [0.15, 0.2) is 5.96 Å². The van der Waals surface area contributed by atoms with Gasteiger partial charge in [-0.05, 0) is 26.0 Å². The molecule has 0 aliphatic heterocycles. The quantitative estimate of drug-likeness (QED) is 0.659. The number of aromatic nitrogens is 1. The molecule has 1 heterocycles. The first-order valence-electron chi connectivity index (χ1n) is 6.23. The highest BCUT2D eigenvalue weighted by Gasteiger charge is 2.08. The molecule has 2 aromatic rings. The minimum Gasteiger partial charge on any atom is -0.497 e. The molecule has 3 N–H and O–H groups in total. The number of benzene rings is 1. The van der Waals surface area contributed by atoms with Crippen LogP contribution in [0.1, 0.15) is 17.0 Å². The lowest BCUT2D eigenvalue weighted by Crippen LogP contribution is -2.22. The second kappa shape index (κ2) is 6.10. The summed E-state index contributed by atoms with van der Waals surface area (Å²) in [6.45, 7) is 4.17. The van der Waals surface area contributed by atoms with Crippen LogP contribution in [0.3, 0.4) is 0 Å². The van der Waals surface area contributed by atoms with E-state index in [1.807, 2.05) is 38.1 Å². The summed E-state index contributed by atoms with van der Waals surface area (Å²) in [6.07, 6.45) is 0. The monoisotopic (exact) mass is 274 g/mol. The number of rotatable bonds is 4. The summed E-state index contributed by atoms with van der Waals surface area (Å²) in [6, 6.07) is 7.48. The van der Waals surface area contributed by atoms with Gasteiger partial charge in [0.1, 0.15) is 11.5 Å². The summed E-state index contributed by atoms with van der Waals surface area (Å²) < 4.78 is 10.2. The van der Waals surface area contributed by atoms with E-state index in [4.69, 9.17) is 15.0 Å². The highest BCUT2D eigenvalue weighted by molar-refractivity contribution is 5.92. The van der Waals surface area contributed by atoms with Crippen LogP contribution in [0.15, 0.2) is 33.8 Å². The second-order valence-electron chi connectivity index (χ2n) is 4.36. The first-order chi connectivity index (χ1) is 9.60. The van der Waals surface area contributed by atoms with Crippen LogP contribution in [0.4, 0.5) is 5.69 Å². The zero-order valence-electron chi connectivity index (χ0n) is 11.8. The van der Waals surface area contributed by atoms with Crippen molar-refractivity contribution in [2.24, 2.45) is 10.7 Å². The zero-order valence-corrected chi connectivity index (χ0v) is 11.8. The molecule has 0 fully saturated rings. The highest BCUT2D eigenvalue weighted by atomic mass is 16.5. The third kappa shape index (κ3) is 3.28. The molecule has 0 saturated heterocycles. The topological polar surface area (TPSA) is 85.7 Å². The molecule has 0 aliphatic carbocycles. The fourth-order valence-corrected chi connectivity index (χ4v) is 1.78. The molecule has 0 bridgehead atoms. The Bertz CT molecular complexity index is 600. The number of ether oxygens (including phenoxy) is 1. The summed E-state index contributed by atoms with van der Waals surface area (Å²) in [5, 5.41) is 6.89. The largest absolute Gasteiger partial charge is 0.497 e. The molecule has 106 valence electrons. The first kappa shape index (κ1) is 13.9. The Morgan fingerprint density at radius 2 is 2.25 bits per heavy atom. The summed E-state index contributed by atoms with van der Waals surface area (Å²) in [5.41, 5.74) is 8.48. The van der Waals surface area contributed by atoms with Gasteiger partial charge >= 0.3 is 0 Å². The van der Waals surface area contributed by atoms with Crippen molar-refractivity contribution in [3.8, 4) is 5.75 Å². The Kier molecular flexibility index (Phi) is 4.24. The van der Waals surface area contributed by atoms with Crippen LogP contribution in [0.2, 0.25) is 0 Å². The molecule has 0 amide bonds. The summed E-state index contributed by atoms with van der Waals surface area (Å²) in [4.78, 5) is 4.28. The van der Waals surface area contributed by atoms with E-state index >= 15 is 0 Å². The lowest BCUT2D eigenvalue weighted by atomic mass is 10.2. The minimum atomic E-state index is 0.332. The number of aliphatic imine (C=N–C) groups is 1. The molecule has 0 unspecified atom stereocenters. The Balaban J connectivity index is 2.04. The average molecular weight is 274 g/mol. The molecule has 0 radical (unpaired) electrons. The summed E-state index contributed by atoms with van der Waals surface area (Å²) in [7, 11) is 1.62. The minimum absolute atomic E-state index is 0.332. The average Bonchev–Trinajstić information content (AvgIpc) is 2.76. The van der Waals surface area contributed by atoms with Crippen molar-refractivity contribution in [3.63, 3.8) is 0 Å². The van der Waals surface area contributed by atoms with Gasteiger partial charge in [0.2, 0.25) is 0 Å². The van der Waals surface area contributed by atoms with Gasteiger partial charge in [-0.3, -0.25) is 0 Å². The number of nitrogens with zero attached hydrogens (tertiary/aromatic N) is 2. The lowest BCUT2D eigenvalue weighted by molar-refractivity contribution is 0.392. The van der Waals surface area contributed by atoms with Crippen LogP contribution in [0, 0.1) is 13.8 Å². The van der Waals surface area contributed by atoms with Crippen LogP contribution >= 0.6 is 0 Å². The number of nitrogens with one attached hydrogen (secondary N) is 1. The number of hydrogen-bond donors (Lipinski definition) is 2. The van der Waals surface area contributed by atoms with Gasteiger partial charge in [-0.1, -0.05) is 11.2 Å². The van der Waals surface area contributed by atoms with Crippen molar-refractivity contribution >= 4 is 11.6 Å². The van der Waals surface area contributed by atoms with Crippen LogP contribution in [-0.2, 0) is 6.54 Å². The van der Waals surface area contributed by atoms with E-state index in [0.717, 1.165) is 28.5 Å². The third-order valence-corrected chi connectivity index (χ3v) is 2.93. The molecular formula is C14H18N4O2. The third-order valence-electron chi connectivity index (χ3n) is 2.93. The van der Waals surface area contributed by atoms with Gasteiger partial charge in [-0.2, -0.15) is 0 Å². The van der Waals surface area contributed by atoms with Gasteiger partial charge in [-0.25, -0.2) is 4.99 Å². The number of anilines is 1. The highest BCUT2D eigenvalue weighted by Crippen LogP contribution is 2.17. The van der Waals surface area contributed by atoms with E-state index in [-0.39, 0.29) is 0 Å². The Labute approximate surface area is 117 Å². The predicted molar refractivity (Wildman–Crippen MR) is 77.9 cm³/mol. The van der Waals surface area contributed by atoms with E-state index in [1.165, 1.54) is 0 Å². The van der Waals surface area contributed by atoms with Crippen molar-refractivity contribution in [2.75, 3.05) is 12.4 Å². The van der Waals surface area contributed by atoms with E-state index < -0.39 is 0 Å².